The summed E-state index contributed by atoms with van der Waals surface area (Å²) in [6.07, 6.45) is -1.62. The van der Waals surface area contributed by atoms with Crippen molar-refractivity contribution in [2.45, 2.75) is 31.8 Å². The minimum atomic E-state index is -0.902. The third kappa shape index (κ3) is 3.22. The monoisotopic (exact) mass is 220 g/mol. The Morgan fingerprint density at radius 1 is 1.85 bits per heavy atom. The van der Waals surface area contributed by atoms with Crippen molar-refractivity contribution in [1.82, 2.24) is 0 Å². The molecule has 1 rings (SSSR count). The number of hydrogen-bond donors (Lipinski definition) is 1. The molecule has 0 aliphatic carbocycles. The summed E-state index contributed by atoms with van der Waals surface area (Å²) >= 11 is 1.09. The summed E-state index contributed by atoms with van der Waals surface area (Å²) in [6.45, 7) is 1.41. The molecule has 0 aromatic heterocycles. The minimum Gasteiger partial charge on any atom is -0.368 e. The summed E-state index contributed by atoms with van der Waals surface area (Å²) in [7, 11) is 5.35. The second-order valence-corrected chi connectivity index (χ2v) is 4.50. The molecular formula is C6H10BO4PS. The number of ketones is 1. The molecule has 1 N–H and O–H groups in total. The van der Waals surface area contributed by atoms with Gasteiger partial charge < -0.3 is 14.0 Å². The molecule has 13 heavy (non-hydrogen) atoms. The van der Waals surface area contributed by atoms with Crippen LogP contribution in [0.5, 0.6) is 0 Å². The zero-order chi connectivity index (χ0) is 9.84. The molecule has 1 aliphatic rings. The van der Waals surface area contributed by atoms with Crippen molar-refractivity contribution in [1.29, 1.82) is 0 Å². The van der Waals surface area contributed by atoms with Gasteiger partial charge in [0.1, 0.15) is 19.8 Å². The number of aliphatic hydroxyl groups excluding tert-OH is 1. The average molecular weight is 220 g/mol. The first-order valence-electron chi connectivity index (χ1n) is 3.77. The van der Waals surface area contributed by atoms with Gasteiger partial charge in [-0.05, 0) is 6.92 Å². The van der Waals surface area contributed by atoms with Gasteiger partial charge >= 0.3 is 0 Å². The van der Waals surface area contributed by atoms with Gasteiger partial charge in [0.15, 0.2) is 12.1 Å². The number of carbonyl (C=O) groups excluding carboxylic acids is 1. The highest BCUT2D eigenvalue weighted by atomic mass is 32.7. The van der Waals surface area contributed by atoms with Gasteiger partial charge in [-0.3, -0.25) is 4.79 Å². The molecular weight excluding hydrogens is 210 g/mol. The van der Waals surface area contributed by atoms with Crippen molar-refractivity contribution in [3.05, 3.63) is 0 Å². The first-order chi connectivity index (χ1) is 6.15. The molecule has 4 nitrogen and oxygen atoms in total. The van der Waals surface area contributed by atoms with Crippen LogP contribution in [0.4, 0.5) is 0 Å². The lowest BCUT2D eigenvalue weighted by molar-refractivity contribution is -0.141. The first-order valence-corrected chi connectivity index (χ1v) is 6.31. The minimum absolute atomic E-state index is 0.106. The van der Waals surface area contributed by atoms with Crippen LogP contribution < -0.4 is 0 Å². The number of carbonyl (C=O) groups is 1. The summed E-state index contributed by atoms with van der Waals surface area (Å²) in [4.78, 5) is 11.0. The van der Waals surface area contributed by atoms with E-state index in [4.69, 9.17) is 21.6 Å². The number of ether oxygens (including phenoxy) is 1. The zero-order valence-electron chi connectivity index (χ0n) is 7.10. The summed E-state index contributed by atoms with van der Waals surface area (Å²) in [6, 6.07) is 0. The second-order valence-electron chi connectivity index (χ2n) is 2.69. The third-order valence-electron chi connectivity index (χ3n) is 1.70. The average Bonchev–Trinajstić information content (AvgIpc) is 2.43. The molecule has 0 amide bonds. The molecule has 1 aliphatic heterocycles. The molecule has 0 bridgehead atoms. The van der Waals surface area contributed by atoms with E-state index in [0.29, 0.717) is 6.42 Å². The van der Waals surface area contributed by atoms with Crippen LogP contribution in [0.3, 0.4) is 0 Å². The highest BCUT2D eigenvalue weighted by Gasteiger charge is 2.38. The van der Waals surface area contributed by atoms with E-state index in [0.717, 1.165) is 11.7 Å². The van der Waals surface area contributed by atoms with Crippen LogP contribution in [0.2, 0.25) is 0 Å². The lowest BCUT2D eigenvalue weighted by Crippen LogP contribution is -2.29. The van der Waals surface area contributed by atoms with Crippen LogP contribution in [-0.2, 0) is 13.7 Å². The Morgan fingerprint density at radius 2 is 2.54 bits per heavy atom. The molecule has 2 radical (unpaired) electrons. The van der Waals surface area contributed by atoms with Crippen molar-refractivity contribution >= 4 is 32.7 Å². The van der Waals surface area contributed by atoms with Crippen molar-refractivity contribution in [2.75, 3.05) is 0 Å². The molecule has 72 valence electrons. The van der Waals surface area contributed by atoms with Gasteiger partial charge in [-0.1, -0.05) is 7.66 Å². The van der Waals surface area contributed by atoms with Gasteiger partial charge in [0, 0.05) is 18.1 Å². The van der Waals surface area contributed by atoms with E-state index < -0.39 is 12.4 Å². The maximum absolute atomic E-state index is 11.0. The van der Waals surface area contributed by atoms with Crippen molar-refractivity contribution in [3.8, 4) is 0 Å². The molecule has 0 aromatic rings. The predicted octanol–water partition coefficient (Wildman–Crippen LogP) is 0.393. The lowest BCUT2D eigenvalue weighted by atomic mass is 10.1. The van der Waals surface area contributed by atoms with Crippen molar-refractivity contribution in [2.24, 2.45) is 0 Å². The van der Waals surface area contributed by atoms with Gasteiger partial charge in [-0.25, -0.2) is 0 Å². The highest BCUT2D eigenvalue weighted by Crippen LogP contribution is 2.32. The van der Waals surface area contributed by atoms with Crippen LogP contribution in [0.15, 0.2) is 0 Å². The first kappa shape index (κ1) is 11.5. The molecule has 4 unspecified atom stereocenters. The molecule has 0 aromatic carbocycles. The lowest BCUT2D eigenvalue weighted by Gasteiger charge is -2.13. The van der Waals surface area contributed by atoms with E-state index in [1.165, 1.54) is 6.92 Å². The summed E-state index contributed by atoms with van der Waals surface area (Å²) in [5.41, 5.74) is 0. The Balaban J connectivity index is 2.45. The van der Waals surface area contributed by atoms with Gasteiger partial charge in [0.2, 0.25) is 0 Å². The zero-order valence-corrected chi connectivity index (χ0v) is 8.91. The summed E-state index contributed by atoms with van der Waals surface area (Å²) < 4.78 is 10.2. The van der Waals surface area contributed by atoms with E-state index in [2.05, 4.69) is 0 Å². The van der Waals surface area contributed by atoms with E-state index in [1.807, 2.05) is 0 Å². The van der Waals surface area contributed by atoms with Crippen LogP contribution in [0, 0.1) is 0 Å². The maximum atomic E-state index is 11.0. The number of Topliss-reactive ketones (excluding diaryl/α,β-unsaturated/α-hetero) is 1. The molecule has 7 heteroatoms. The Kier molecular flexibility index (Phi) is 4.69. The predicted molar refractivity (Wildman–Crippen MR) is 52.7 cm³/mol. The molecule has 1 heterocycles. The van der Waals surface area contributed by atoms with E-state index in [1.54, 1.807) is 0 Å². The van der Waals surface area contributed by atoms with Crippen molar-refractivity contribution in [3.63, 3.8) is 0 Å². The number of hydrogen-bond acceptors (Lipinski definition) is 5. The largest absolute Gasteiger partial charge is 0.368 e. The Morgan fingerprint density at radius 3 is 3.08 bits per heavy atom. The molecule has 1 fully saturated rings. The SMILES string of the molecule is [B]PSOC1CC(O)OC1C(C)=O. The standard InChI is InChI=1S/C6H10BO4PS/c1-3(8)6-4(11-13-12-7)2-5(9)10-6/h4-6,9,12H,2H2,1H3. The Hall–Kier alpha value is 0.395. The maximum Gasteiger partial charge on any atom is 0.161 e. The van der Waals surface area contributed by atoms with Crippen LogP contribution >= 0.6 is 19.3 Å². The van der Waals surface area contributed by atoms with Gasteiger partial charge in [-0.15, -0.1) is 0 Å². The fourth-order valence-corrected chi connectivity index (χ4v) is 2.07. The number of rotatable bonds is 4. The Bertz CT molecular complexity index is 193. The quantitative estimate of drug-likeness (QED) is 0.422. The van der Waals surface area contributed by atoms with E-state index >= 15 is 0 Å². The smallest absolute Gasteiger partial charge is 0.161 e. The van der Waals surface area contributed by atoms with Crippen LogP contribution in [0.1, 0.15) is 13.3 Å². The summed E-state index contributed by atoms with van der Waals surface area (Å²) in [5, 5.41) is 9.13. The van der Waals surface area contributed by atoms with Gasteiger partial charge in [0.25, 0.3) is 0 Å². The van der Waals surface area contributed by atoms with E-state index in [-0.39, 0.29) is 19.5 Å². The van der Waals surface area contributed by atoms with Gasteiger partial charge in [-0.2, -0.15) is 0 Å². The normalized spacial score (nSPS) is 34.5. The molecule has 0 saturated carbocycles. The highest BCUT2D eigenvalue weighted by molar-refractivity contribution is 8.53. The fraction of sp³-hybridized carbons (Fsp3) is 0.833. The van der Waals surface area contributed by atoms with Crippen LogP contribution in [-0.4, -0.2) is 37.0 Å². The van der Waals surface area contributed by atoms with Gasteiger partial charge in [0.05, 0.1) is 0 Å². The van der Waals surface area contributed by atoms with Crippen LogP contribution in [0.25, 0.3) is 0 Å². The topological polar surface area (TPSA) is 55.8 Å². The molecule has 4 atom stereocenters. The second kappa shape index (κ2) is 5.32. The third-order valence-corrected chi connectivity index (χ3v) is 2.71. The molecule has 1 saturated heterocycles. The fourth-order valence-electron chi connectivity index (χ4n) is 1.17. The molecule has 0 spiro atoms. The number of aliphatic hydroxyl groups is 1. The summed E-state index contributed by atoms with van der Waals surface area (Å²) in [5.74, 6) is -0.137. The van der Waals surface area contributed by atoms with E-state index in [9.17, 15) is 4.79 Å². The Labute approximate surface area is 83.8 Å². The van der Waals surface area contributed by atoms with Crippen molar-refractivity contribution < 1.29 is 18.8 Å².